The lowest BCUT2D eigenvalue weighted by molar-refractivity contribution is -0.131. The van der Waals surface area contributed by atoms with E-state index in [1.54, 1.807) is 0 Å². The second-order valence-electron chi connectivity index (χ2n) is 6.34. The van der Waals surface area contributed by atoms with E-state index in [2.05, 4.69) is 16.0 Å². The van der Waals surface area contributed by atoms with Crippen molar-refractivity contribution in [1.82, 2.24) is 16.0 Å². The van der Waals surface area contributed by atoms with Crippen molar-refractivity contribution in [3.63, 3.8) is 0 Å². The summed E-state index contributed by atoms with van der Waals surface area (Å²) in [4.78, 5) is 46.2. The second-order valence-corrected chi connectivity index (χ2v) is 6.34. The van der Waals surface area contributed by atoms with E-state index in [1.807, 2.05) is 20.8 Å². The van der Waals surface area contributed by atoms with Crippen LogP contribution in [0.3, 0.4) is 0 Å². The fraction of sp³-hybridized carbons (Fsp3) is 0.750. The standard InChI is InChI=1S/C16H30N4O5/c1-4-6-13(21)19-11(7-5-8-18-16(24)25)15(23)20-12(14(17)22)9-10(2)3/h10-12,18H,4-9H2,1-3H3,(H2,17,22)(H,19,21)(H,20,23)(H,24,25)/t11-,12-/m0/s1. The molecule has 0 fully saturated rings. The lowest BCUT2D eigenvalue weighted by Crippen LogP contribution is -2.53. The van der Waals surface area contributed by atoms with Gasteiger partial charge in [0.1, 0.15) is 12.1 Å². The van der Waals surface area contributed by atoms with Crippen LogP contribution in [0.5, 0.6) is 0 Å². The Labute approximate surface area is 148 Å². The molecule has 0 aliphatic carbocycles. The van der Waals surface area contributed by atoms with Crippen LogP contribution >= 0.6 is 0 Å². The first kappa shape index (κ1) is 22.7. The number of primary amides is 1. The molecule has 4 amide bonds. The maximum Gasteiger partial charge on any atom is 0.404 e. The third-order valence-corrected chi connectivity index (χ3v) is 3.44. The molecule has 144 valence electrons. The van der Waals surface area contributed by atoms with Crippen LogP contribution in [-0.2, 0) is 14.4 Å². The molecule has 2 atom stereocenters. The van der Waals surface area contributed by atoms with Crippen LogP contribution in [0.1, 0.15) is 52.9 Å². The Bertz CT molecular complexity index is 467. The first-order valence-corrected chi connectivity index (χ1v) is 8.53. The molecule has 0 spiro atoms. The minimum Gasteiger partial charge on any atom is -0.465 e. The minimum absolute atomic E-state index is 0.158. The molecule has 6 N–H and O–H groups in total. The Morgan fingerprint density at radius 2 is 1.72 bits per heavy atom. The van der Waals surface area contributed by atoms with Crippen molar-refractivity contribution in [1.29, 1.82) is 0 Å². The third-order valence-electron chi connectivity index (χ3n) is 3.44. The van der Waals surface area contributed by atoms with Gasteiger partial charge in [0.15, 0.2) is 0 Å². The van der Waals surface area contributed by atoms with Gasteiger partial charge in [-0.2, -0.15) is 0 Å². The van der Waals surface area contributed by atoms with Crippen molar-refractivity contribution in [3.05, 3.63) is 0 Å². The van der Waals surface area contributed by atoms with Crippen LogP contribution in [0, 0.1) is 5.92 Å². The maximum absolute atomic E-state index is 12.4. The van der Waals surface area contributed by atoms with Crippen molar-refractivity contribution in [2.45, 2.75) is 65.0 Å². The number of carbonyl (C=O) groups is 4. The quantitative estimate of drug-likeness (QED) is 0.319. The lowest BCUT2D eigenvalue weighted by atomic mass is 10.0. The fourth-order valence-electron chi connectivity index (χ4n) is 2.25. The van der Waals surface area contributed by atoms with Gasteiger partial charge in [-0.3, -0.25) is 14.4 Å². The van der Waals surface area contributed by atoms with Gasteiger partial charge in [0.2, 0.25) is 17.7 Å². The zero-order valence-electron chi connectivity index (χ0n) is 15.1. The van der Waals surface area contributed by atoms with Gasteiger partial charge in [0, 0.05) is 13.0 Å². The van der Waals surface area contributed by atoms with Crippen LogP contribution in [0.2, 0.25) is 0 Å². The average Bonchev–Trinajstić information content (AvgIpc) is 2.48. The molecule has 9 heteroatoms. The normalized spacial score (nSPS) is 13.0. The maximum atomic E-state index is 12.4. The summed E-state index contributed by atoms with van der Waals surface area (Å²) in [6, 6.07) is -1.65. The fourth-order valence-corrected chi connectivity index (χ4v) is 2.25. The smallest absolute Gasteiger partial charge is 0.404 e. The monoisotopic (exact) mass is 358 g/mol. The highest BCUT2D eigenvalue weighted by Crippen LogP contribution is 2.06. The molecule has 0 bridgehead atoms. The van der Waals surface area contributed by atoms with Gasteiger partial charge in [0.05, 0.1) is 0 Å². The van der Waals surface area contributed by atoms with Gasteiger partial charge in [-0.25, -0.2) is 4.79 Å². The second kappa shape index (κ2) is 12.1. The molecule has 0 saturated heterocycles. The predicted molar refractivity (Wildman–Crippen MR) is 92.7 cm³/mol. The molecule has 0 unspecified atom stereocenters. The van der Waals surface area contributed by atoms with Crippen LogP contribution < -0.4 is 21.7 Å². The molecule has 0 heterocycles. The van der Waals surface area contributed by atoms with Crippen molar-refractivity contribution < 1.29 is 24.3 Å². The number of carbonyl (C=O) groups excluding carboxylic acids is 3. The summed E-state index contributed by atoms with van der Waals surface area (Å²) >= 11 is 0. The molecule has 0 radical (unpaired) electrons. The molecule has 0 saturated carbocycles. The van der Waals surface area contributed by atoms with Gasteiger partial charge in [-0.15, -0.1) is 0 Å². The molecule has 0 aromatic rings. The van der Waals surface area contributed by atoms with Gasteiger partial charge >= 0.3 is 6.09 Å². The highest BCUT2D eigenvalue weighted by atomic mass is 16.4. The molecule has 0 aliphatic rings. The average molecular weight is 358 g/mol. The first-order valence-electron chi connectivity index (χ1n) is 8.53. The minimum atomic E-state index is -1.15. The van der Waals surface area contributed by atoms with E-state index in [-0.39, 0.29) is 31.2 Å². The largest absolute Gasteiger partial charge is 0.465 e. The summed E-state index contributed by atoms with van der Waals surface area (Å²) in [7, 11) is 0. The summed E-state index contributed by atoms with van der Waals surface area (Å²) in [6.07, 6.45) is 0.774. The van der Waals surface area contributed by atoms with Crippen LogP contribution in [-0.4, -0.2) is 47.5 Å². The lowest BCUT2D eigenvalue weighted by Gasteiger charge is -2.23. The molecular weight excluding hydrogens is 328 g/mol. The van der Waals surface area contributed by atoms with E-state index >= 15 is 0 Å². The Balaban J connectivity index is 4.83. The summed E-state index contributed by atoms with van der Waals surface area (Å²) < 4.78 is 0. The van der Waals surface area contributed by atoms with Gasteiger partial charge < -0.3 is 26.8 Å². The summed E-state index contributed by atoms with van der Waals surface area (Å²) in [5.74, 6) is -1.24. The molecule has 0 rings (SSSR count). The molecular formula is C16H30N4O5. The Morgan fingerprint density at radius 1 is 1.08 bits per heavy atom. The van der Waals surface area contributed by atoms with Crippen molar-refractivity contribution in [3.8, 4) is 0 Å². The number of rotatable bonds is 12. The van der Waals surface area contributed by atoms with E-state index < -0.39 is 30.0 Å². The summed E-state index contributed by atoms with van der Waals surface area (Å²) in [6.45, 7) is 5.81. The topological polar surface area (TPSA) is 151 Å². The Kier molecular flexibility index (Phi) is 11.0. The van der Waals surface area contributed by atoms with Crippen molar-refractivity contribution in [2.24, 2.45) is 11.7 Å². The number of hydrogen-bond acceptors (Lipinski definition) is 4. The van der Waals surface area contributed by atoms with E-state index in [0.717, 1.165) is 0 Å². The van der Waals surface area contributed by atoms with E-state index in [9.17, 15) is 19.2 Å². The molecule has 0 aromatic carbocycles. The number of hydrogen-bond donors (Lipinski definition) is 5. The predicted octanol–water partition coefficient (Wildman–Crippen LogP) is 0.335. The van der Waals surface area contributed by atoms with Crippen LogP contribution in [0.4, 0.5) is 4.79 Å². The number of nitrogens with two attached hydrogens (primary N) is 1. The number of amides is 4. The van der Waals surface area contributed by atoms with Crippen molar-refractivity contribution >= 4 is 23.8 Å². The molecule has 0 aliphatic heterocycles. The van der Waals surface area contributed by atoms with Gasteiger partial charge in [-0.05, 0) is 31.6 Å². The van der Waals surface area contributed by atoms with E-state index in [1.165, 1.54) is 0 Å². The zero-order valence-corrected chi connectivity index (χ0v) is 15.1. The SMILES string of the molecule is CCCC(=O)N[C@@H](CCCNC(=O)O)C(=O)N[C@@H](CC(C)C)C(N)=O. The van der Waals surface area contributed by atoms with Crippen LogP contribution in [0.15, 0.2) is 0 Å². The highest BCUT2D eigenvalue weighted by molar-refractivity contribution is 5.91. The van der Waals surface area contributed by atoms with Gasteiger partial charge in [-0.1, -0.05) is 20.8 Å². The van der Waals surface area contributed by atoms with Crippen molar-refractivity contribution in [2.75, 3.05) is 6.54 Å². The number of nitrogens with one attached hydrogen (secondary N) is 3. The van der Waals surface area contributed by atoms with Crippen LogP contribution in [0.25, 0.3) is 0 Å². The Morgan fingerprint density at radius 3 is 2.20 bits per heavy atom. The Hall–Kier alpha value is -2.32. The third kappa shape index (κ3) is 11.0. The number of carboxylic acid groups (broad SMARTS) is 1. The summed E-state index contributed by atoms with van der Waals surface area (Å²) in [5, 5.41) is 16.0. The molecule has 25 heavy (non-hydrogen) atoms. The highest BCUT2D eigenvalue weighted by Gasteiger charge is 2.25. The van der Waals surface area contributed by atoms with Gasteiger partial charge in [0.25, 0.3) is 0 Å². The zero-order chi connectivity index (χ0) is 19.4. The molecule has 0 aromatic heterocycles. The van der Waals surface area contributed by atoms with E-state index in [0.29, 0.717) is 19.3 Å². The van der Waals surface area contributed by atoms with E-state index in [4.69, 9.17) is 10.8 Å². The summed E-state index contributed by atoms with van der Waals surface area (Å²) in [5.41, 5.74) is 5.32. The first-order chi connectivity index (χ1) is 11.7. The molecule has 9 nitrogen and oxygen atoms in total.